The van der Waals surface area contributed by atoms with Gasteiger partial charge in [0, 0.05) is 16.3 Å². The van der Waals surface area contributed by atoms with Crippen LogP contribution in [0.5, 0.6) is 0 Å². The summed E-state index contributed by atoms with van der Waals surface area (Å²) in [5.74, 6) is 0. The summed E-state index contributed by atoms with van der Waals surface area (Å²) in [7, 11) is 0. The van der Waals surface area contributed by atoms with Gasteiger partial charge in [0.1, 0.15) is 0 Å². The molecule has 0 radical (unpaired) electrons. The van der Waals surface area contributed by atoms with Gasteiger partial charge in [-0.3, -0.25) is 0 Å². The molecule has 22 heavy (non-hydrogen) atoms. The molecule has 2 nitrogen and oxygen atoms in total. The summed E-state index contributed by atoms with van der Waals surface area (Å²) in [6.45, 7) is 0. The number of hydrazine groups is 1. The van der Waals surface area contributed by atoms with Gasteiger partial charge in [-0.25, -0.2) is 0 Å². The van der Waals surface area contributed by atoms with Crippen LogP contribution in [0.15, 0.2) is 91.0 Å². The first-order valence-corrected chi connectivity index (χ1v) is 9.89. The van der Waals surface area contributed by atoms with E-state index >= 15 is 0 Å². The molecule has 0 aliphatic heterocycles. The first-order valence-electron chi connectivity index (χ1n) is 7.09. The maximum absolute atomic E-state index is 6.07. The van der Waals surface area contributed by atoms with Gasteiger partial charge in [-0.2, -0.15) is 5.20 Å². The number of anilines is 1. The summed E-state index contributed by atoms with van der Waals surface area (Å²) in [5, 5.41) is 5.70. The first kappa shape index (κ1) is 15.0. The fourth-order valence-corrected chi connectivity index (χ4v) is 5.11. The van der Waals surface area contributed by atoms with Gasteiger partial charge in [0.25, 0.3) is 0 Å². The van der Waals surface area contributed by atoms with E-state index in [1.165, 1.54) is 0 Å². The molecule has 0 aliphatic carbocycles. The number of rotatable bonds is 5. The van der Waals surface area contributed by atoms with Crippen LogP contribution in [0.2, 0.25) is 0 Å². The Hall–Kier alpha value is -1.93. The lowest BCUT2D eigenvalue weighted by Gasteiger charge is -2.25. The first-order chi connectivity index (χ1) is 10.8. The van der Waals surface area contributed by atoms with Crippen molar-refractivity contribution in [3.05, 3.63) is 91.0 Å². The van der Waals surface area contributed by atoms with E-state index in [0.29, 0.717) is 0 Å². The lowest BCUT2D eigenvalue weighted by Crippen LogP contribution is -2.31. The fourth-order valence-electron chi connectivity index (χ4n) is 2.22. The number of para-hydroxylation sites is 1. The number of hydrogen-bond donors (Lipinski definition) is 2. The Balaban J connectivity index is 1.95. The van der Waals surface area contributed by atoms with E-state index in [0.717, 1.165) is 16.3 Å². The average molecular weight is 324 g/mol. The normalized spacial score (nSPS) is 11.1. The molecular formula is C18H17N2PS. The molecule has 110 valence electrons. The van der Waals surface area contributed by atoms with Crippen LogP contribution < -0.4 is 21.2 Å². The predicted molar refractivity (Wildman–Crippen MR) is 99.6 cm³/mol. The molecular weight excluding hydrogens is 307 g/mol. The van der Waals surface area contributed by atoms with Crippen molar-refractivity contribution < 1.29 is 0 Å². The molecule has 0 saturated carbocycles. The third-order valence-corrected chi connectivity index (χ3v) is 7.39. The SMILES string of the molecule is S=P(NNc1ccccc1)(c1ccccc1)c1ccccc1. The highest BCUT2D eigenvalue weighted by molar-refractivity contribution is 8.20. The molecule has 0 fully saturated rings. The smallest absolute Gasteiger partial charge is 0.0853 e. The van der Waals surface area contributed by atoms with Gasteiger partial charge in [-0.15, -0.1) is 0 Å². The van der Waals surface area contributed by atoms with Crippen LogP contribution in [-0.4, -0.2) is 0 Å². The molecule has 0 amide bonds. The summed E-state index contributed by atoms with van der Waals surface area (Å²) < 4.78 is 0. The van der Waals surface area contributed by atoms with Gasteiger partial charge in [-0.05, 0) is 12.1 Å². The van der Waals surface area contributed by atoms with Gasteiger partial charge < -0.3 is 5.43 Å². The van der Waals surface area contributed by atoms with Crippen LogP contribution >= 0.6 is 6.19 Å². The Bertz CT molecular complexity index is 717. The Morgan fingerprint density at radius 2 is 1.00 bits per heavy atom. The average Bonchev–Trinajstić information content (AvgIpc) is 2.62. The summed E-state index contributed by atoms with van der Waals surface area (Å²) in [6, 6.07) is 30.5. The fraction of sp³-hybridized carbons (Fsp3) is 0. The van der Waals surface area contributed by atoms with E-state index in [1.54, 1.807) is 0 Å². The molecule has 3 rings (SSSR count). The topological polar surface area (TPSA) is 24.1 Å². The zero-order valence-corrected chi connectivity index (χ0v) is 13.7. The molecule has 0 spiro atoms. The third-order valence-electron chi connectivity index (χ3n) is 3.37. The molecule has 4 heteroatoms. The van der Waals surface area contributed by atoms with Gasteiger partial charge in [0.05, 0.1) is 6.19 Å². The Morgan fingerprint density at radius 1 is 0.591 bits per heavy atom. The summed E-state index contributed by atoms with van der Waals surface area (Å²) in [4.78, 5) is 0. The van der Waals surface area contributed by atoms with Gasteiger partial charge in [0.15, 0.2) is 0 Å². The van der Waals surface area contributed by atoms with Gasteiger partial charge in [-0.1, -0.05) is 90.7 Å². The molecule has 0 aromatic heterocycles. The van der Waals surface area contributed by atoms with Crippen LogP contribution in [0.1, 0.15) is 0 Å². The van der Waals surface area contributed by atoms with Crippen molar-refractivity contribution in [2.24, 2.45) is 0 Å². The van der Waals surface area contributed by atoms with E-state index < -0.39 is 6.19 Å². The van der Waals surface area contributed by atoms with Crippen molar-refractivity contribution in [3.8, 4) is 0 Å². The highest BCUT2D eigenvalue weighted by atomic mass is 32.4. The monoisotopic (exact) mass is 324 g/mol. The van der Waals surface area contributed by atoms with Crippen LogP contribution in [0.25, 0.3) is 0 Å². The van der Waals surface area contributed by atoms with Crippen molar-refractivity contribution in [2.75, 3.05) is 5.43 Å². The van der Waals surface area contributed by atoms with Crippen molar-refractivity contribution in [1.82, 2.24) is 5.20 Å². The minimum atomic E-state index is -2.12. The largest absolute Gasteiger partial charge is 0.317 e. The quantitative estimate of drug-likeness (QED) is 0.553. The Kier molecular flexibility index (Phi) is 4.69. The predicted octanol–water partition coefficient (Wildman–Crippen LogP) is 3.65. The van der Waals surface area contributed by atoms with Crippen LogP contribution in [0, 0.1) is 0 Å². The lowest BCUT2D eigenvalue weighted by atomic mass is 10.3. The highest BCUT2D eigenvalue weighted by Crippen LogP contribution is 2.38. The lowest BCUT2D eigenvalue weighted by molar-refractivity contribution is 1.20. The van der Waals surface area contributed by atoms with Crippen LogP contribution in [0.4, 0.5) is 5.69 Å². The summed E-state index contributed by atoms with van der Waals surface area (Å²) in [6.07, 6.45) is -2.12. The van der Waals surface area contributed by atoms with Crippen molar-refractivity contribution in [1.29, 1.82) is 0 Å². The second kappa shape index (κ2) is 6.89. The molecule has 3 aromatic carbocycles. The standard InChI is InChI=1S/C18H17N2PS/c22-21(17-12-6-2-7-13-17,18-14-8-3-9-15-18)20-19-16-10-4-1-5-11-16/h1-15,19H,(H,20,22). The zero-order chi connectivity index (χ0) is 15.3. The molecule has 0 aliphatic rings. The van der Waals surface area contributed by atoms with E-state index in [2.05, 4.69) is 34.9 Å². The van der Waals surface area contributed by atoms with Crippen molar-refractivity contribution >= 4 is 34.3 Å². The minimum absolute atomic E-state index is 1.00. The Labute approximate surface area is 136 Å². The maximum atomic E-state index is 6.07. The van der Waals surface area contributed by atoms with Crippen molar-refractivity contribution in [3.63, 3.8) is 0 Å². The Morgan fingerprint density at radius 3 is 1.45 bits per heavy atom. The number of nitrogens with one attached hydrogen (secondary N) is 2. The molecule has 0 bridgehead atoms. The summed E-state index contributed by atoms with van der Waals surface area (Å²) >= 11 is 6.07. The molecule has 2 N–H and O–H groups in total. The molecule has 0 saturated heterocycles. The van der Waals surface area contributed by atoms with Crippen molar-refractivity contribution in [2.45, 2.75) is 0 Å². The number of hydrogen-bond acceptors (Lipinski definition) is 2. The molecule has 3 aromatic rings. The summed E-state index contributed by atoms with van der Waals surface area (Å²) in [5.41, 5.74) is 4.28. The second-order valence-corrected chi connectivity index (χ2v) is 9.00. The van der Waals surface area contributed by atoms with Crippen LogP contribution in [-0.2, 0) is 11.8 Å². The molecule has 0 unspecified atom stereocenters. The van der Waals surface area contributed by atoms with E-state index in [4.69, 9.17) is 11.8 Å². The maximum Gasteiger partial charge on any atom is 0.0853 e. The minimum Gasteiger partial charge on any atom is -0.317 e. The number of benzene rings is 3. The van der Waals surface area contributed by atoms with E-state index in [-0.39, 0.29) is 0 Å². The highest BCUT2D eigenvalue weighted by Gasteiger charge is 2.21. The van der Waals surface area contributed by atoms with Crippen LogP contribution in [0.3, 0.4) is 0 Å². The second-order valence-electron chi connectivity index (χ2n) is 4.88. The van der Waals surface area contributed by atoms with E-state index in [1.807, 2.05) is 66.7 Å². The zero-order valence-electron chi connectivity index (χ0n) is 12.0. The molecule has 0 heterocycles. The molecule has 0 atom stereocenters. The van der Waals surface area contributed by atoms with E-state index in [9.17, 15) is 0 Å². The van der Waals surface area contributed by atoms with Gasteiger partial charge >= 0.3 is 0 Å². The third kappa shape index (κ3) is 3.28. The van der Waals surface area contributed by atoms with Gasteiger partial charge in [0.2, 0.25) is 0 Å².